The molecule has 0 saturated carbocycles. The molecule has 0 spiro atoms. The van der Waals surface area contributed by atoms with E-state index < -0.39 is 5.97 Å². The second-order valence-corrected chi connectivity index (χ2v) is 3.77. The average Bonchev–Trinajstić information content (AvgIpc) is 2.96. The molecular formula is C12H8N2O4. The molecule has 0 fully saturated rings. The summed E-state index contributed by atoms with van der Waals surface area (Å²) in [5.74, 6) is -0.611. The van der Waals surface area contributed by atoms with Crippen molar-refractivity contribution in [2.24, 2.45) is 0 Å². The van der Waals surface area contributed by atoms with E-state index >= 15 is 0 Å². The standard InChI is InChI=1S/C12H8N2O4/c1-6-9(12(15)16)10(8-3-2-4-17-8)7-5-13-18-11(7)14-6/h2-5H,1H3,(H,15,16). The van der Waals surface area contributed by atoms with Crippen molar-refractivity contribution in [1.29, 1.82) is 0 Å². The molecule has 0 aliphatic rings. The number of fused-ring (bicyclic) bond motifs is 1. The highest BCUT2D eigenvalue weighted by atomic mass is 16.5. The molecule has 0 saturated heterocycles. The largest absolute Gasteiger partial charge is 0.478 e. The van der Waals surface area contributed by atoms with E-state index in [4.69, 9.17) is 8.94 Å². The van der Waals surface area contributed by atoms with Gasteiger partial charge in [-0.25, -0.2) is 9.78 Å². The quantitative estimate of drug-likeness (QED) is 0.744. The molecule has 0 atom stereocenters. The molecule has 3 rings (SSSR count). The van der Waals surface area contributed by atoms with Gasteiger partial charge < -0.3 is 14.0 Å². The Morgan fingerprint density at radius 1 is 1.44 bits per heavy atom. The fraction of sp³-hybridized carbons (Fsp3) is 0.0833. The Labute approximate surface area is 101 Å². The number of nitrogens with zero attached hydrogens (tertiary/aromatic N) is 2. The average molecular weight is 244 g/mol. The molecule has 0 bridgehead atoms. The Balaban J connectivity index is 2.48. The van der Waals surface area contributed by atoms with Gasteiger partial charge in [0.1, 0.15) is 5.76 Å². The maximum atomic E-state index is 11.4. The SMILES string of the molecule is Cc1nc2oncc2c(-c2ccco2)c1C(=O)O. The Kier molecular flexibility index (Phi) is 2.16. The molecule has 0 unspecified atom stereocenters. The number of pyridine rings is 1. The zero-order valence-electron chi connectivity index (χ0n) is 9.38. The van der Waals surface area contributed by atoms with Crippen molar-refractivity contribution < 1.29 is 18.8 Å². The summed E-state index contributed by atoms with van der Waals surface area (Å²) >= 11 is 0. The Hall–Kier alpha value is -2.63. The molecule has 1 N–H and O–H groups in total. The molecule has 0 aromatic carbocycles. The summed E-state index contributed by atoms with van der Waals surface area (Å²) in [5.41, 5.74) is 1.19. The highest BCUT2D eigenvalue weighted by Gasteiger charge is 2.23. The lowest BCUT2D eigenvalue weighted by Gasteiger charge is -2.06. The lowest BCUT2D eigenvalue weighted by atomic mass is 10.0. The summed E-state index contributed by atoms with van der Waals surface area (Å²) in [5, 5.41) is 13.5. The second-order valence-electron chi connectivity index (χ2n) is 3.77. The van der Waals surface area contributed by atoms with Crippen LogP contribution in [-0.4, -0.2) is 21.2 Å². The zero-order valence-corrected chi connectivity index (χ0v) is 9.38. The highest BCUT2D eigenvalue weighted by Crippen LogP contribution is 2.33. The Morgan fingerprint density at radius 2 is 2.28 bits per heavy atom. The minimum atomic E-state index is -1.06. The van der Waals surface area contributed by atoms with Crippen molar-refractivity contribution >= 4 is 17.1 Å². The molecule has 0 aliphatic heterocycles. The summed E-state index contributed by atoms with van der Waals surface area (Å²) in [6.07, 6.45) is 2.92. The van der Waals surface area contributed by atoms with Crippen LogP contribution in [-0.2, 0) is 0 Å². The third kappa shape index (κ3) is 1.39. The van der Waals surface area contributed by atoms with Crippen LogP contribution in [0.15, 0.2) is 33.5 Å². The van der Waals surface area contributed by atoms with Crippen LogP contribution in [0, 0.1) is 6.92 Å². The fourth-order valence-electron chi connectivity index (χ4n) is 1.95. The van der Waals surface area contributed by atoms with E-state index in [9.17, 15) is 9.90 Å². The van der Waals surface area contributed by atoms with E-state index in [2.05, 4.69) is 10.1 Å². The number of aromatic nitrogens is 2. The van der Waals surface area contributed by atoms with E-state index in [1.807, 2.05) is 0 Å². The summed E-state index contributed by atoms with van der Waals surface area (Å²) in [4.78, 5) is 15.4. The first-order valence-electron chi connectivity index (χ1n) is 5.20. The maximum Gasteiger partial charge on any atom is 0.338 e. The number of carboxylic acids is 1. The van der Waals surface area contributed by atoms with Crippen LogP contribution in [0.5, 0.6) is 0 Å². The Bertz CT molecular complexity index is 728. The first-order valence-corrected chi connectivity index (χ1v) is 5.20. The van der Waals surface area contributed by atoms with Gasteiger partial charge in [-0.05, 0) is 19.1 Å². The van der Waals surface area contributed by atoms with Gasteiger partial charge in [0, 0.05) is 5.56 Å². The molecule has 3 heterocycles. The molecule has 90 valence electrons. The number of furan rings is 1. The van der Waals surface area contributed by atoms with Crippen molar-refractivity contribution in [2.45, 2.75) is 6.92 Å². The number of aryl methyl sites for hydroxylation is 1. The van der Waals surface area contributed by atoms with Crippen LogP contribution in [0.3, 0.4) is 0 Å². The summed E-state index contributed by atoms with van der Waals surface area (Å²) in [6, 6.07) is 3.38. The normalized spacial score (nSPS) is 10.9. The molecule has 0 aliphatic carbocycles. The molecule has 0 amide bonds. The van der Waals surface area contributed by atoms with Gasteiger partial charge in [0.2, 0.25) is 0 Å². The smallest absolute Gasteiger partial charge is 0.338 e. The van der Waals surface area contributed by atoms with Crippen LogP contribution < -0.4 is 0 Å². The molecule has 18 heavy (non-hydrogen) atoms. The summed E-state index contributed by atoms with van der Waals surface area (Å²) in [6.45, 7) is 1.61. The maximum absolute atomic E-state index is 11.4. The lowest BCUT2D eigenvalue weighted by molar-refractivity contribution is 0.0696. The van der Waals surface area contributed by atoms with Gasteiger partial charge in [-0.15, -0.1) is 0 Å². The van der Waals surface area contributed by atoms with Crippen molar-refractivity contribution in [3.8, 4) is 11.3 Å². The minimum absolute atomic E-state index is 0.0978. The third-order valence-electron chi connectivity index (χ3n) is 2.68. The second kappa shape index (κ2) is 3.69. The predicted molar refractivity (Wildman–Crippen MR) is 61.2 cm³/mol. The molecule has 3 aromatic heterocycles. The highest BCUT2D eigenvalue weighted by molar-refractivity contribution is 6.05. The van der Waals surface area contributed by atoms with Crippen LogP contribution >= 0.6 is 0 Å². The van der Waals surface area contributed by atoms with Gasteiger partial charge >= 0.3 is 5.97 Å². The van der Waals surface area contributed by atoms with E-state index in [0.29, 0.717) is 28.1 Å². The van der Waals surface area contributed by atoms with Gasteiger partial charge in [0.15, 0.2) is 0 Å². The number of rotatable bonds is 2. The summed E-state index contributed by atoms with van der Waals surface area (Å²) < 4.78 is 10.3. The lowest BCUT2D eigenvalue weighted by Crippen LogP contribution is -2.05. The van der Waals surface area contributed by atoms with Crippen LogP contribution in [0.4, 0.5) is 0 Å². The van der Waals surface area contributed by atoms with Gasteiger partial charge in [0.25, 0.3) is 5.71 Å². The molecule has 6 heteroatoms. The number of aromatic carboxylic acids is 1. The van der Waals surface area contributed by atoms with Crippen molar-refractivity contribution in [3.63, 3.8) is 0 Å². The molecule has 0 radical (unpaired) electrons. The van der Waals surface area contributed by atoms with Crippen molar-refractivity contribution in [1.82, 2.24) is 10.1 Å². The predicted octanol–water partition coefficient (Wildman–Crippen LogP) is 2.49. The van der Waals surface area contributed by atoms with Crippen molar-refractivity contribution in [2.75, 3.05) is 0 Å². The molecule has 3 aromatic rings. The number of hydrogen-bond acceptors (Lipinski definition) is 5. The Morgan fingerprint density at radius 3 is 2.94 bits per heavy atom. The zero-order chi connectivity index (χ0) is 12.7. The van der Waals surface area contributed by atoms with E-state index in [1.54, 1.807) is 19.1 Å². The van der Waals surface area contributed by atoms with E-state index in [1.165, 1.54) is 12.5 Å². The minimum Gasteiger partial charge on any atom is -0.478 e. The number of carboxylic acid groups (broad SMARTS) is 1. The summed E-state index contributed by atoms with van der Waals surface area (Å²) in [7, 11) is 0. The first-order chi connectivity index (χ1) is 8.68. The topological polar surface area (TPSA) is 89.4 Å². The molecule has 6 nitrogen and oxygen atoms in total. The van der Waals surface area contributed by atoms with Gasteiger partial charge in [0.05, 0.1) is 29.1 Å². The monoisotopic (exact) mass is 244 g/mol. The third-order valence-corrected chi connectivity index (χ3v) is 2.68. The van der Waals surface area contributed by atoms with Crippen molar-refractivity contribution in [3.05, 3.63) is 35.9 Å². The molecular weight excluding hydrogens is 236 g/mol. The van der Waals surface area contributed by atoms with Gasteiger partial charge in [-0.3, -0.25) is 0 Å². The fourth-order valence-corrected chi connectivity index (χ4v) is 1.95. The number of hydrogen-bond donors (Lipinski definition) is 1. The van der Waals surface area contributed by atoms with Gasteiger partial charge in [-0.2, -0.15) is 0 Å². The first kappa shape index (κ1) is 10.5. The van der Waals surface area contributed by atoms with E-state index in [0.717, 1.165) is 0 Å². The number of carbonyl (C=O) groups is 1. The van der Waals surface area contributed by atoms with Gasteiger partial charge in [-0.1, -0.05) is 5.16 Å². The van der Waals surface area contributed by atoms with Crippen LogP contribution in [0.1, 0.15) is 16.1 Å². The van der Waals surface area contributed by atoms with Crippen LogP contribution in [0.25, 0.3) is 22.4 Å². The van der Waals surface area contributed by atoms with E-state index in [-0.39, 0.29) is 5.56 Å². The van der Waals surface area contributed by atoms with Crippen LogP contribution in [0.2, 0.25) is 0 Å².